The summed E-state index contributed by atoms with van der Waals surface area (Å²) in [6.07, 6.45) is 8.57. The second kappa shape index (κ2) is 6.67. The van der Waals surface area contributed by atoms with Gasteiger partial charge in [0.1, 0.15) is 5.69 Å². The summed E-state index contributed by atoms with van der Waals surface area (Å²) in [6, 6.07) is 4.06. The predicted molar refractivity (Wildman–Crippen MR) is 96.3 cm³/mol. The Balaban J connectivity index is 1.61. The summed E-state index contributed by atoms with van der Waals surface area (Å²) < 4.78 is 4.02. The highest BCUT2D eigenvalue weighted by Crippen LogP contribution is 2.25. The van der Waals surface area contributed by atoms with Gasteiger partial charge in [-0.05, 0) is 38.1 Å². The smallest absolute Gasteiger partial charge is 0.271 e. The molecule has 0 radical (unpaired) electrons. The zero-order chi connectivity index (χ0) is 17.4. The van der Waals surface area contributed by atoms with Gasteiger partial charge in [0.05, 0.1) is 24.6 Å². The van der Waals surface area contributed by atoms with Crippen LogP contribution in [0.1, 0.15) is 41.1 Å². The molecule has 2 aromatic heterocycles. The minimum Gasteiger partial charge on any atom is -0.347 e. The SMILES string of the molecule is Cn1cccc1C(=O)N1Cc2ncn(C)c2C[C@@H]1CN1CCCCC1. The molecular weight excluding hydrogens is 314 g/mol. The van der Waals surface area contributed by atoms with Crippen molar-refractivity contribution in [3.63, 3.8) is 0 Å². The van der Waals surface area contributed by atoms with Crippen LogP contribution in [0.2, 0.25) is 0 Å². The van der Waals surface area contributed by atoms with Crippen molar-refractivity contribution in [2.45, 2.75) is 38.3 Å². The standard InChI is InChI=1S/C19H27N5O/c1-21-8-6-7-17(21)19(25)24-13-16-18(22(2)14-20-16)11-15(24)12-23-9-4-3-5-10-23/h6-8,14-15H,3-5,9-13H2,1-2H3/t15-/m1/s1. The van der Waals surface area contributed by atoms with Gasteiger partial charge in [0.2, 0.25) is 0 Å². The first-order chi connectivity index (χ1) is 12.1. The van der Waals surface area contributed by atoms with Crippen LogP contribution in [0.4, 0.5) is 0 Å². The Hall–Kier alpha value is -2.08. The first-order valence-corrected chi connectivity index (χ1v) is 9.27. The summed E-state index contributed by atoms with van der Waals surface area (Å²) >= 11 is 0. The highest BCUT2D eigenvalue weighted by molar-refractivity contribution is 5.93. The fourth-order valence-electron chi connectivity index (χ4n) is 4.19. The average Bonchev–Trinajstić information content (AvgIpc) is 3.21. The summed E-state index contributed by atoms with van der Waals surface area (Å²) in [5.74, 6) is 0.116. The van der Waals surface area contributed by atoms with Crippen LogP contribution in [0.5, 0.6) is 0 Å². The minimum atomic E-state index is 0.116. The normalized spacial score (nSPS) is 21.4. The van der Waals surface area contributed by atoms with Gasteiger partial charge in [-0.25, -0.2) is 4.98 Å². The van der Waals surface area contributed by atoms with Crippen LogP contribution in [-0.2, 0) is 27.1 Å². The molecule has 0 aromatic carbocycles. The number of carbonyl (C=O) groups is 1. The van der Waals surface area contributed by atoms with Crippen molar-refractivity contribution < 1.29 is 4.79 Å². The maximum atomic E-state index is 13.2. The summed E-state index contributed by atoms with van der Waals surface area (Å²) in [6.45, 7) is 3.88. The predicted octanol–water partition coefficient (Wildman–Crippen LogP) is 1.81. The van der Waals surface area contributed by atoms with Crippen LogP contribution in [0.25, 0.3) is 0 Å². The quantitative estimate of drug-likeness (QED) is 0.855. The molecule has 4 rings (SSSR count). The first-order valence-electron chi connectivity index (χ1n) is 9.27. The van der Waals surface area contributed by atoms with E-state index in [2.05, 4.69) is 21.5 Å². The molecule has 0 aliphatic carbocycles. The monoisotopic (exact) mass is 341 g/mol. The number of nitrogens with zero attached hydrogens (tertiary/aromatic N) is 5. The number of hydrogen-bond acceptors (Lipinski definition) is 3. The lowest BCUT2D eigenvalue weighted by Gasteiger charge is -2.39. The summed E-state index contributed by atoms with van der Waals surface area (Å²) in [5, 5.41) is 0. The van der Waals surface area contributed by atoms with Crippen LogP contribution < -0.4 is 0 Å². The Labute approximate surface area is 149 Å². The van der Waals surface area contributed by atoms with Gasteiger partial charge in [-0.1, -0.05) is 6.42 Å². The topological polar surface area (TPSA) is 46.3 Å². The Bertz CT molecular complexity index is 756. The molecule has 2 aromatic rings. The van der Waals surface area contributed by atoms with E-state index < -0.39 is 0 Å². The molecule has 6 heteroatoms. The molecule has 6 nitrogen and oxygen atoms in total. The Morgan fingerprint density at radius 2 is 2.00 bits per heavy atom. The number of amides is 1. The van der Waals surface area contributed by atoms with Crippen molar-refractivity contribution in [3.05, 3.63) is 41.7 Å². The van der Waals surface area contributed by atoms with Crippen molar-refractivity contribution in [3.8, 4) is 0 Å². The van der Waals surface area contributed by atoms with Crippen LogP contribution in [0.3, 0.4) is 0 Å². The molecule has 2 aliphatic rings. The van der Waals surface area contributed by atoms with Gasteiger partial charge in [0.25, 0.3) is 5.91 Å². The van der Waals surface area contributed by atoms with Gasteiger partial charge >= 0.3 is 0 Å². The van der Waals surface area contributed by atoms with E-state index in [-0.39, 0.29) is 11.9 Å². The number of rotatable bonds is 3. The molecule has 4 heterocycles. The van der Waals surface area contributed by atoms with Crippen LogP contribution in [0, 0.1) is 0 Å². The molecule has 1 atom stereocenters. The van der Waals surface area contributed by atoms with Crippen LogP contribution in [-0.4, -0.2) is 55.5 Å². The van der Waals surface area contributed by atoms with E-state index in [0.717, 1.165) is 37.4 Å². The van der Waals surface area contributed by atoms with Crippen molar-refractivity contribution in [2.75, 3.05) is 19.6 Å². The lowest BCUT2D eigenvalue weighted by atomic mass is 10.00. The highest BCUT2D eigenvalue weighted by atomic mass is 16.2. The highest BCUT2D eigenvalue weighted by Gasteiger charge is 2.34. The van der Waals surface area contributed by atoms with E-state index in [0.29, 0.717) is 6.54 Å². The number of fused-ring (bicyclic) bond motifs is 1. The largest absolute Gasteiger partial charge is 0.347 e. The van der Waals surface area contributed by atoms with E-state index in [1.54, 1.807) is 0 Å². The molecule has 25 heavy (non-hydrogen) atoms. The van der Waals surface area contributed by atoms with Crippen LogP contribution >= 0.6 is 0 Å². The minimum absolute atomic E-state index is 0.116. The lowest BCUT2D eigenvalue weighted by molar-refractivity contribution is 0.0549. The third-order valence-corrected chi connectivity index (χ3v) is 5.68. The molecule has 1 amide bonds. The summed E-state index contributed by atoms with van der Waals surface area (Å²) in [5.41, 5.74) is 3.07. The Morgan fingerprint density at radius 3 is 2.72 bits per heavy atom. The molecule has 0 unspecified atom stereocenters. The van der Waals surface area contributed by atoms with Gasteiger partial charge in [0.15, 0.2) is 0 Å². The number of aromatic nitrogens is 3. The second-order valence-electron chi connectivity index (χ2n) is 7.41. The van der Waals surface area contributed by atoms with Crippen molar-refractivity contribution >= 4 is 5.91 Å². The van der Waals surface area contributed by atoms with E-state index in [1.807, 2.05) is 41.2 Å². The molecule has 0 N–H and O–H groups in total. The van der Waals surface area contributed by atoms with Gasteiger partial charge in [-0.15, -0.1) is 0 Å². The van der Waals surface area contributed by atoms with Crippen molar-refractivity contribution in [1.29, 1.82) is 0 Å². The first kappa shape index (κ1) is 16.4. The molecule has 0 bridgehead atoms. The van der Waals surface area contributed by atoms with Gasteiger partial charge in [0, 0.05) is 39.0 Å². The van der Waals surface area contributed by atoms with E-state index >= 15 is 0 Å². The van der Waals surface area contributed by atoms with Crippen molar-refractivity contribution in [1.82, 2.24) is 23.9 Å². The number of carbonyl (C=O) groups excluding carboxylic acids is 1. The van der Waals surface area contributed by atoms with Gasteiger partial charge < -0.3 is 18.9 Å². The summed E-state index contributed by atoms with van der Waals surface area (Å²) in [7, 11) is 3.99. The number of imidazole rings is 1. The lowest BCUT2D eigenvalue weighted by Crippen LogP contribution is -2.51. The van der Waals surface area contributed by atoms with Gasteiger partial charge in [-0.2, -0.15) is 0 Å². The molecule has 1 saturated heterocycles. The fourth-order valence-corrected chi connectivity index (χ4v) is 4.19. The van der Waals surface area contributed by atoms with E-state index in [9.17, 15) is 4.79 Å². The van der Waals surface area contributed by atoms with E-state index in [4.69, 9.17) is 0 Å². The maximum Gasteiger partial charge on any atom is 0.271 e. The molecule has 134 valence electrons. The Morgan fingerprint density at radius 1 is 1.20 bits per heavy atom. The number of aryl methyl sites for hydroxylation is 2. The zero-order valence-electron chi connectivity index (χ0n) is 15.2. The number of likely N-dealkylation sites (tertiary alicyclic amines) is 1. The Kier molecular flexibility index (Phi) is 4.37. The number of hydrogen-bond donors (Lipinski definition) is 0. The molecule has 0 saturated carbocycles. The second-order valence-corrected chi connectivity index (χ2v) is 7.41. The van der Waals surface area contributed by atoms with E-state index in [1.165, 1.54) is 25.0 Å². The average molecular weight is 341 g/mol. The third kappa shape index (κ3) is 3.11. The third-order valence-electron chi connectivity index (χ3n) is 5.68. The van der Waals surface area contributed by atoms with Crippen LogP contribution in [0.15, 0.2) is 24.7 Å². The zero-order valence-corrected chi connectivity index (χ0v) is 15.2. The summed E-state index contributed by atoms with van der Waals surface area (Å²) in [4.78, 5) is 22.3. The maximum absolute atomic E-state index is 13.2. The molecule has 0 spiro atoms. The molecule has 2 aliphatic heterocycles. The van der Waals surface area contributed by atoms with Crippen molar-refractivity contribution in [2.24, 2.45) is 14.1 Å². The number of piperidine rings is 1. The molecule has 1 fully saturated rings. The fraction of sp³-hybridized carbons (Fsp3) is 0.579. The van der Waals surface area contributed by atoms with Gasteiger partial charge in [-0.3, -0.25) is 4.79 Å². The molecular formula is C19H27N5O.